The second-order valence-electron chi connectivity index (χ2n) is 1.65. The number of carboxylic acids is 1. The average Bonchev–Trinajstić information content (AvgIpc) is 1.90. The van der Waals surface area contributed by atoms with Gasteiger partial charge in [0, 0.05) is 0 Å². The molecule has 0 spiro atoms. The molecule has 12 heavy (non-hydrogen) atoms. The van der Waals surface area contributed by atoms with Crippen LogP contribution in [0.4, 0.5) is 0 Å². The van der Waals surface area contributed by atoms with Gasteiger partial charge < -0.3 is 22.3 Å². The molecular weight excluding hydrogens is 240 g/mol. The summed E-state index contributed by atoms with van der Waals surface area (Å²) >= 11 is 0. The van der Waals surface area contributed by atoms with Gasteiger partial charge in [0.1, 0.15) is 0 Å². The van der Waals surface area contributed by atoms with Crippen molar-refractivity contribution >= 4 is 5.97 Å². The molecule has 0 heterocycles. The predicted molar refractivity (Wildman–Crippen MR) is 30.8 cm³/mol. The molecule has 0 atom stereocenters. The van der Waals surface area contributed by atoms with Crippen LogP contribution >= 0.6 is 0 Å². The molecular formula is C7H5ClNaO2Zn+. The Morgan fingerprint density at radius 3 is 1.83 bits per heavy atom. The maximum atomic E-state index is 10.1. The summed E-state index contributed by atoms with van der Waals surface area (Å²) < 4.78 is 0. The van der Waals surface area contributed by atoms with Gasteiger partial charge in [0.15, 0.2) is 0 Å². The normalized spacial score (nSPS) is 6.67. The molecule has 0 fully saturated rings. The molecule has 0 saturated carbocycles. The Bertz CT molecular complexity index is 218. The minimum atomic E-state index is -1.13. The first-order valence-corrected chi connectivity index (χ1v) is 2.57. The van der Waals surface area contributed by atoms with E-state index in [0.717, 1.165) is 0 Å². The van der Waals surface area contributed by atoms with E-state index < -0.39 is 5.97 Å². The number of halogens is 1. The van der Waals surface area contributed by atoms with E-state index >= 15 is 0 Å². The molecule has 0 amide bonds. The first-order valence-electron chi connectivity index (χ1n) is 2.57. The molecule has 0 aromatic heterocycles. The standard InChI is InChI=1S/C7H6O2.ClH.Na.Zn/c8-7(9)6-4-2-1-3-5-6;;;/h1-5H,(H,8,9);1H;;/q;;+1;+2/p-2. The third kappa shape index (κ3) is 6.16. The Labute approximate surface area is 112 Å². The topological polar surface area (TPSA) is 40.1 Å². The van der Waals surface area contributed by atoms with Crippen molar-refractivity contribution in [3.8, 4) is 0 Å². The van der Waals surface area contributed by atoms with Crippen molar-refractivity contribution in [3.05, 3.63) is 35.9 Å². The van der Waals surface area contributed by atoms with Crippen molar-refractivity contribution in [2.45, 2.75) is 0 Å². The summed E-state index contributed by atoms with van der Waals surface area (Å²) in [5.74, 6) is -1.13. The second kappa shape index (κ2) is 9.69. The van der Waals surface area contributed by atoms with Crippen LogP contribution in [-0.4, -0.2) is 5.97 Å². The zero-order valence-electron chi connectivity index (χ0n) is 6.79. The van der Waals surface area contributed by atoms with Crippen LogP contribution in [0.1, 0.15) is 10.4 Å². The van der Waals surface area contributed by atoms with Gasteiger partial charge in [-0.25, -0.2) is 0 Å². The number of hydrogen-bond donors (Lipinski definition) is 0. The average molecular weight is 245 g/mol. The fourth-order valence-corrected chi connectivity index (χ4v) is 0.574. The van der Waals surface area contributed by atoms with E-state index in [1.54, 1.807) is 18.2 Å². The molecule has 1 aromatic carbocycles. The smallest absolute Gasteiger partial charge is 1.00 e. The van der Waals surface area contributed by atoms with E-state index in [1.165, 1.54) is 12.1 Å². The minimum Gasteiger partial charge on any atom is -1.00 e. The van der Waals surface area contributed by atoms with E-state index in [1.807, 2.05) is 0 Å². The molecule has 0 N–H and O–H groups in total. The molecule has 1 aromatic rings. The molecule has 5 heteroatoms. The Morgan fingerprint density at radius 2 is 1.58 bits per heavy atom. The fraction of sp³-hybridized carbons (Fsp3) is 0. The zero-order valence-corrected chi connectivity index (χ0v) is 12.5. The van der Waals surface area contributed by atoms with Crippen molar-refractivity contribution in [1.29, 1.82) is 0 Å². The molecule has 0 aliphatic rings. The zero-order chi connectivity index (χ0) is 6.69. The van der Waals surface area contributed by atoms with E-state index in [2.05, 4.69) is 0 Å². The maximum absolute atomic E-state index is 10.1. The van der Waals surface area contributed by atoms with E-state index in [0.29, 0.717) is 0 Å². The van der Waals surface area contributed by atoms with E-state index in [9.17, 15) is 9.90 Å². The summed E-state index contributed by atoms with van der Waals surface area (Å²) in [5.41, 5.74) is 0.220. The molecule has 0 radical (unpaired) electrons. The second-order valence-corrected chi connectivity index (χ2v) is 1.65. The number of hydrogen-bond acceptors (Lipinski definition) is 2. The first-order chi connectivity index (χ1) is 4.30. The van der Waals surface area contributed by atoms with Crippen molar-refractivity contribution in [2.24, 2.45) is 0 Å². The fourth-order valence-electron chi connectivity index (χ4n) is 0.574. The quantitative estimate of drug-likeness (QED) is 0.462. The number of benzene rings is 1. The molecule has 0 aliphatic carbocycles. The molecule has 0 bridgehead atoms. The Balaban J connectivity index is -0.000000270. The van der Waals surface area contributed by atoms with Gasteiger partial charge in [-0.2, -0.15) is 0 Å². The monoisotopic (exact) mass is 243 g/mol. The molecule has 2 nitrogen and oxygen atoms in total. The van der Waals surface area contributed by atoms with Gasteiger partial charge in [-0.05, 0) is 5.56 Å². The summed E-state index contributed by atoms with van der Waals surface area (Å²) in [7, 11) is 0. The summed E-state index contributed by atoms with van der Waals surface area (Å²) in [6, 6.07) is 8.06. The van der Waals surface area contributed by atoms with Crippen molar-refractivity contribution in [1.82, 2.24) is 0 Å². The van der Waals surface area contributed by atoms with Crippen molar-refractivity contribution < 1.29 is 71.3 Å². The number of carboxylic acid groups (broad SMARTS) is 1. The number of carbonyl (C=O) groups excluding carboxylic acids is 1. The van der Waals surface area contributed by atoms with Crippen LogP contribution in [0.3, 0.4) is 0 Å². The van der Waals surface area contributed by atoms with Gasteiger partial charge in [0.05, 0.1) is 5.97 Å². The van der Waals surface area contributed by atoms with Gasteiger partial charge >= 0.3 is 49.0 Å². The van der Waals surface area contributed by atoms with Crippen LogP contribution in [0, 0.1) is 0 Å². The summed E-state index contributed by atoms with van der Waals surface area (Å²) in [4.78, 5) is 10.1. The third-order valence-electron chi connectivity index (χ3n) is 1.01. The van der Waals surface area contributed by atoms with Crippen molar-refractivity contribution in [3.63, 3.8) is 0 Å². The first kappa shape index (κ1) is 18.4. The summed E-state index contributed by atoms with van der Waals surface area (Å²) in [5, 5.41) is 10.1. The molecule has 0 unspecified atom stereocenters. The SMILES string of the molecule is O=C([O-])c1ccccc1.[Cl-].[Na+].[Zn+2]. The van der Waals surface area contributed by atoms with E-state index in [-0.39, 0.29) is 67.0 Å². The van der Waals surface area contributed by atoms with Gasteiger partial charge in [-0.3, -0.25) is 0 Å². The largest absolute Gasteiger partial charge is 2.00 e. The van der Waals surface area contributed by atoms with Gasteiger partial charge in [-0.1, -0.05) is 30.3 Å². The van der Waals surface area contributed by atoms with Crippen LogP contribution in [0.5, 0.6) is 0 Å². The van der Waals surface area contributed by atoms with Crippen LogP contribution < -0.4 is 47.1 Å². The predicted octanol–water partition coefficient (Wildman–Crippen LogP) is -5.94. The maximum Gasteiger partial charge on any atom is 2.00 e. The van der Waals surface area contributed by atoms with Crippen LogP contribution in [0.2, 0.25) is 0 Å². The number of rotatable bonds is 1. The Kier molecular flexibility index (Phi) is 14.9. The number of aromatic carboxylic acids is 1. The van der Waals surface area contributed by atoms with E-state index in [4.69, 9.17) is 0 Å². The number of carbonyl (C=O) groups is 1. The van der Waals surface area contributed by atoms with Crippen molar-refractivity contribution in [2.75, 3.05) is 0 Å². The minimum absolute atomic E-state index is 0. The molecule has 54 valence electrons. The van der Waals surface area contributed by atoms with Gasteiger partial charge in [-0.15, -0.1) is 0 Å². The molecule has 0 aliphatic heterocycles. The van der Waals surface area contributed by atoms with Crippen LogP contribution in [0.15, 0.2) is 30.3 Å². The van der Waals surface area contributed by atoms with Crippen LogP contribution in [-0.2, 0) is 19.5 Å². The summed E-state index contributed by atoms with van der Waals surface area (Å²) in [6.45, 7) is 0. The third-order valence-corrected chi connectivity index (χ3v) is 1.01. The Hall–Kier alpha value is 0.603. The summed E-state index contributed by atoms with van der Waals surface area (Å²) in [6.07, 6.45) is 0. The van der Waals surface area contributed by atoms with Crippen LogP contribution in [0.25, 0.3) is 0 Å². The molecule has 1 rings (SSSR count). The van der Waals surface area contributed by atoms with Gasteiger partial charge in [0.25, 0.3) is 0 Å². The molecule has 0 saturated heterocycles. The Morgan fingerprint density at radius 1 is 1.17 bits per heavy atom. The van der Waals surface area contributed by atoms with Gasteiger partial charge in [0.2, 0.25) is 0 Å².